The fraction of sp³-hybridized carbons (Fsp3) is 0.263. The van der Waals surface area contributed by atoms with Gasteiger partial charge in [-0.2, -0.15) is 0 Å². The fourth-order valence-electron chi connectivity index (χ4n) is 2.42. The molecule has 0 fully saturated rings. The first-order valence-corrected chi connectivity index (χ1v) is 7.49. The summed E-state index contributed by atoms with van der Waals surface area (Å²) in [7, 11) is 0. The van der Waals surface area contributed by atoms with Gasteiger partial charge in [0.1, 0.15) is 0 Å². The monoisotopic (exact) mass is 296 g/mol. The van der Waals surface area contributed by atoms with Gasteiger partial charge in [-0.15, -0.1) is 0 Å². The second-order valence-corrected chi connectivity index (χ2v) is 5.13. The van der Waals surface area contributed by atoms with E-state index in [1.54, 1.807) is 19.1 Å². The average Bonchev–Trinajstić information content (AvgIpc) is 2.55. The van der Waals surface area contributed by atoms with Crippen LogP contribution in [0.15, 0.2) is 60.7 Å². The Kier molecular flexibility index (Phi) is 5.90. The summed E-state index contributed by atoms with van der Waals surface area (Å²) in [5, 5.41) is 0. The zero-order valence-corrected chi connectivity index (χ0v) is 12.7. The van der Waals surface area contributed by atoms with Crippen LogP contribution in [0.2, 0.25) is 0 Å². The number of esters is 1. The van der Waals surface area contributed by atoms with Gasteiger partial charge in [-0.1, -0.05) is 60.7 Å². The Morgan fingerprint density at radius 3 is 2.14 bits per heavy atom. The Morgan fingerprint density at radius 1 is 0.955 bits per heavy atom. The SMILES string of the molecule is CCOC(=O)CC(Cc1ccccc1)C(=O)c1ccccc1. The summed E-state index contributed by atoms with van der Waals surface area (Å²) in [6.07, 6.45) is 0.643. The molecular formula is C19H20O3. The van der Waals surface area contributed by atoms with Crippen molar-refractivity contribution in [3.8, 4) is 0 Å². The Balaban J connectivity index is 2.17. The number of ketones is 1. The Hall–Kier alpha value is -2.42. The van der Waals surface area contributed by atoms with E-state index in [9.17, 15) is 9.59 Å². The molecule has 0 heterocycles. The first kappa shape index (κ1) is 16.0. The number of rotatable bonds is 7. The van der Waals surface area contributed by atoms with Crippen LogP contribution in [0.25, 0.3) is 0 Å². The molecule has 2 aromatic carbocycles. The van der Waals surface area contributed by atoms with Gasteiger partial charge >= 0.3 is 5.97 Å². The van der Waals surface area contributed by atoms with E-state index in [1.165, 1.54) is 0 Å². The summed E-state index contributed by atoms with van der Waals surface area (Å²) in [6, 6.07) is 18.8. The van der Waals surface area contributed by atoms with Crippen LogP contribution >= 0.6 is 0 Å². The van der Waals surface area contributed by atoms with Crippen molar-refractivity contribution in [2.24, 2.45) is 5.92 Å². The molecule has 0 spiro atoms. The van der Waals surface area contributed by atoms with Gasteiger partial charge in [-0.3, -0.25) is 9.59 Å². The predicted octanol–water partition coefficient (Wildman–Crippen LogP) is 3.68. The molecule has 0 aliphatic carbocycles. The van der Waals surface area contributed by atoms with Gasteiger partial charge in [0.25, 0.3) is 0 Å². The van der Waals surface area contributed by atoms with Crippen molar-refractivity contribution in [3.63, 3.8) is 0 Å². The van der Waals surface area contributed by atoms with Crippen LogP contribution in [0.4, 0.5) is 0 Å². The highest BCUT2D eigenvalue weighted by Gasteiger charge is 2.24. The van der Waals surface area contributed by atoms with Gasteiger partial charge in [0.15, 0.2) is 5.78 Å². The van der Waals surface area contributed by atoms with E-state index >= 15 is 0 Å². The second-order valence-electron chi connectivity index (χ2n) is 5.13. The van der Waals surface area contributed by atoms with Gasteiger partial charge in [-0.25, -0.2) is 0 Å². The minimum Gasteiger partial charge on any atom is -0.466 e. The molecule has 1 atom stereocenters. The maximum atomic E-state index is 12.7. The summed E-state index contributed by atoms with van der Waals surface area (Å²) >= 11 is 0. The molecule has 0 saturated carbocycles. The van der Waals surface area contributed by atoms with E-state index in [-0.39, 0.29) is 18.2 Å². The lowest BCUT2D eigenvalue weighted by Gasteiger charge is -2.15. The molecule has 0 aromatic heterocycles. The molecule has 0 amide bonds. The summed E-state index contributed by atoms with van der Waals surface area (Å²) in [6.45, 7) is 2.10. The Bertz CT molecular complexity index is 605. The maximum absolute atomic E-state index is 12.7. The summed E-state index contributed by atoms with van der Waals surface area (Å²) in [4.78, 5) is 24.5. The van der Waals surface area contributed by atoms with Gasteiger partial charge in [0.05, 0.1) is 13.0 Å². The summed E-state index contributed by atoms with van der Waals surface area (Å²) in [5.41, 5.74) is 1.67. The topological polar surface area (TPSA) is 43.4 Å². The fourth-order valence-corrected chi connectivity index (χ4v) is 2.42. The van der Waals surface area contributed by atoms with E-state index < -0.39 is 5.92 Å². The second kappa shape index (κ2) is 8.13. The predicted molar refractivity (Wildman–Crippen MR) is 85.7 cm³/mol. The molecular weight excluding hydrogens is 276 g/mol. The zero-order valence-electron chi connectivity index (χ0n) is 12.7. The van der Waals surface area contributed by atoms with Crippen LogP contribution in [0, 0.1) is 5.92 Å². The summed E-state index contributed by atoms with van der Waals surface area (Å²) in [5.74, 6) is -0.742. The van der Waals surface area contributed by atoms with Crippen LogP contribution < -0.4 is 0 Å². The normalized spacial score (nSPS) is 11.7. The lowest BCUT2D eigenvalue weighted by atomic mass is 9.89. The standard InChI is InChI=1S/C19H20O3/c1-2-22-18(20)14-17(13-15-9-5-3-6-10-15)19(21)16-11-7-4-8-12-16/h3-12,17H,2,13-14H2,1H3. The van der Waals surface area contributed by atoms with Crippen LogP contribution in [-0.4, -0.2) is 18.4 Å². The van der Waals surface area contributed by atoms with Crippen molar-refractivity contribution in [1.29, 1.82) is 0 Å². The highest BCUT2D eigenvalue weighted by atomic mass is 16.5. The van der Waals surface area contributed by atoms with E-state index in [1.807, 2.05) is 48.5 Å². The quantitative estimate of drug-likeness (QED) is 0.578. The molecule has 0 N–H and O–H groups in total. The van der Waals surface area contributed by atoms with Crippen molar-refractivity contribution >= 4 is 11.8 Å². The molecule has 3 nitrogen and oxygen atoms in total. The van der Waals surface area contributed by atoms with Crippen molar-refractivity contribution in [3.05, 3.63) is 71.8 Å². The molecule has 1 unspecified atom stereocenters. The van der Waals surface area contributed by atoms with E-state index in [0.29, 0.717) is 18.6 Å². The molecule has 2 rings (SSSR count). The van der Waals surface area contributed by atoms with Crippen LogP contribution in [0.1, 0.15) is 29.3 Å². The lowest BCUT2D eigenvalue weighted by molar-refractivity contribution is -0.143. The van der Waals surface area contributed by atoms with E-state index in [4.69, 9.17) is 4.74 Å². The third-order valence-corrected chi connectivity index (χ3v) is 3.47. The Morgan fingerprint density at radius 2 is 1.55 bits per heavy atom. The zero-order chi connectivity index (χ0) is 15.8. The minimum absolute atomic E-state index is 0.0162. The van der Waals surface area contributed by atoms with Gasteiger partial charge < -0.3 is 4.74 Å². The number of carbonyl (C=O) groups is 2. The Labute approximate surface area is 130 Å². The lowest BCUT2D eigenvalue weighted by Crippen LogP contribution is -2.22. The van der Waals surface area contributed by atoms with Crippen LogP contribution in [-0.2, 0) is 16.0 Å². The number of ether oxygens (including phenoxy) is 1. The largest absolute Gasteiger partial charge is 0.466 e. The molecule has 22 heavy (non-hydrogen) atoms. The molecule has 0 radical (unpaired) electrons. The molecule has 0 saturated heterocycles. The molecule has 2 aromatic rings. The molecule has 0 aliphatic rings. The van der Waals surface area contributed by atoms with Crippen molar-refractivity contribution in [1.82, 2.24) is 0 Å². The first-order valence-electron chi connectivity index (χ1n) is 7.49. The van der Waals surface area contributed by atoms with E-state index in [2.05, 4.69) is 0 Å². The molecule has 3 heteroatoms. The van der Waals surface area contributed by atoms with Gasteiger partial charge in [0.2, 0.25) is 0 Å². The average molecular weight is 296 g/mol. The van der Waals surface area contributed by atoms with Crippen molar-refractivity contribution in [2.45, 2.75) is 19.8 Å². The molecule has 114 valence electrons. The van der Waals surface area contributed by atoms with Crippen LogP contribution in [0.3, 0.4) is 0 Å². The third-order valence-electron chi connectivity index (χ3n) is 3.47. The van der Waals surface area contributed by atoms with Crippen molar-refractivity contribution in [2.75, 3.05) is 6.61 Å². The third kappa shape index (κ3) is 4.55. The summed E-state index contributed by atoms with van der Waals surface area (Å²) < 4.78 is 5.00. The number of Topliss-reactive ketones (excluding diaryl/α,β-unsaturated/α-hetero) is 1. The van der Waals surface area contributed by atoms with Crippen LogP contribution in [0.5, 0.6) is 0 Å². The smallest absolute Gasteiger partial charge is 0.306 e. The van der Waals surface area contributed by atoms with Gasteiger partial charge in [-0.05, 0) is 18.9 Å². The number of hydrogen-bond acceptors (Lipinski definition) is 3. The van der Waals surface area contributed by atoms with E-state index in [0.717, 1.165) is 5.56 Å². The number of hydrogen-bond donors (Lipinski definition) is 0. The highest BCUT2D eigenvalue weighted by molar-refractivity contribution is 5.99. The first-order chi connectivity index (χ1) is 10.7. The number of carbonyl (C=O) groups excluding carboxylic acids is 2. The number of benzene rings is 2. The van der Waals surface area contributed by atoms with Gasteiger partial charge in [0, 0.05) is 11.5 Å². The molecule has 0 bridgehead atoms. The van der Waals surface area contributed by atoms with Crippen molar-refractivity contribution < 1.29 is 14.3 Å². The highest BCUT2D eigenvalue weighted by Crippen LogP contribution is 2.19. The molecule has 0 aliphatic heterocycles. The minimum atomic E-state index is -0.399. The maximum Gasteiger partial charge on any atom is 0.306 e.